The SMILES string of the molecule is Cc1ccc([N+](=O)[O-])cc1C(=O)Nc1cccc([N+](=O)[O-])c1. The van der Waals surface area contributed by atoms with Crippen LogP contribution in [0.1, 0.15) is 15.9 Å². The number of non-ortho nitro benzene ring substituents is 2. The van der Waals surface area contributed by atoms with Gasteiger partial charge in [0.2, 0.25) is 0 Å². The summed E-state index contributed by atoms with van der Waals surface area (Å²) in [6, 6.07) is 9.40. The molecule has 0 radical (unpaired) electrons. The summed E-state index contributed by atoms with van der Waals surface area (Å²) < 4.78 is 0. The molecular formula is C14H11N3O5. The molecule has 22 heavy (non-hydrogen) atoms. The molecule has 0 spiro atoms. The molecule has 0 heterocycles. The number of nitro benzene ring substituents is 2. The molecule has 0 aromatic heterocycles. The predicted molar refractivity (Wildman–Crippen MR) is 78.9 cm³/mol. The van der Waals surface area contributed by atoms with E-state index in [0.717, 1.165) is 0 Å². The molecule has 2 aromatic carbocycles. The minimum absolute atomic E-state index is 0.140. The van der Waals surface area contributed by atoms with Gasteiger partial charge in [0.25, 0.3) is 17.3 Å². The predicted octanol–water partition coefficient (Wildman–Crippen LogP) is 3.06. The monoisotopic (exact) mass is 301 g/mol. The number of carbonyl (C=O) groups excluding carboxylic acids is 1. The third-order valence-corrected chi connectivity index (χ3v) is 2.99. The van der Waals surface area contributed by atoms with Crippen LogP contribution in [-0.2, 0) is 0 Å². The third kappa shape index (κ3) is 3.23. The normalized spacial score (nSPS) is 10.0. The molecule has 0 saturated carbocycles. The van der Waals surface area contributed by atoms with Crippen molar-refractivity contribution < 1.29 is 14.6 Å². The van der Waals surface area contributed by atoms with E-state index in [4.69, 9.17) is 0 Å². The van der Waals surface area contributed by atoms with Crippen LogP contribution in [0.25, 0.3) is 0 Å². The van der Waals surface area contributed by atoms with Gasteiger partial charge in [-0.05, 0) is 18.6 Å². The molecule has 0 atom stereocenters. The van der Waals surface area contributed by atoms with Crippen LogP contribution in [0.15, 0.2) is 42.5 Å². The van der Waals surface area contributed by atoms with E-state index in [1.165, 1.54) is 42.5 Å². The number of hydrogen-bond acceptors (Lipinski definition) is 5. The molecule has 1 N–H and O–H groups in total. The molecule has 2 aromatic rings. The number of nitrogens with one attached hydrogen (secondary N) is 1. The average molecular weight is 301 g/mol. The van der Waals surface area contributed by atoms with Crippen LogP contribution < -0.4 is 5.32 Å². The van der Waals surface area contributed by atoms with Gasteiger partial charge in [0.1, 0.15) is 0 Å². The van der Waals surface area contributed by atoms with Crippen molar-refractivity contribution in [3.05, 3.63) is 73.8 Å². The molecule has 8 nitrogen and oxygen atoms in total. The lowest BCUT2D eigenvalue weighted by atomic mass is 10.1. The van der Waals surface area contributed by atoms with E-state index in [1.807, 2.05) is 0 Å². The summed E-state index contributed by atoms with van der Waals surface area (Å²) in [6.45, 7) is 1.64. The Hall–Kier alpha value is -3.29. The zero-order valence-electron chi connectivity index (χ0n) is 11.5. The average Bonchev–Trinajstić information content (AvgIpc) is 2.47. The highest BCUT2D eigenvalue weighted by atomic mass is 16.6. The van der Waals surface area contributed by atoms with Crippen molar-refractivity contribution in [1.29, 1.82) is 0 Å². The van der Waals surface area contributed by atoms with E-state index in [9.17, 15) is 25.0 Å². The van der Waals surface area contributed by atoms with Gasteiger partial charge < -0.3 is 5.32 Å². The highest BCUT2D eigenvalue weighted by molar-refractivity contribution is 6.05. The van der Waals surface area contributed by atoms with E-state index in [2.05, 4.69) is 5.32 Å². The van der Waals surface area contributed by atoms with Gasteiger partial charge in [0, 0.05) is 35.5 Å². The summed E-state index contributed by atoms with van der Waals surface area (Å²) >= 11 is 0. The summed E-state index contributed by atoms with van der Waals surface area (Å²) in [5.74, 6) is -0.568. The summed E-state index contributed by atoms with van der Waals surface area (Å²) in [4.78, 5) is 32.5. The van der Waals surface area contributed by atoms with Gasteiger partial charge in [0.05, 0.1) is 9.85 Å². The lowest BCUT2D eigenvalue weighted by Crippen LogP contribution is -2.13. The summed E-state index contributed by atoms with van der Waals surface area (Å²) in [5.41, 5.74) is 0.586. The van der Waals surface area contributed by atoms with Crippen LogP contribution in [0.3, 0.4) is 0 Å². The fraction of sp³-hybridized carbons (Fsp3) is 0.0714. The Balaban J connectivity index is 2.29. The van der Waals surface area contributed by atoms with E-state index in [-0.39, 0.29) is 22.6 Å². The van der Waals surface area contributed by atoms with Gasteiger partial charge in [-0.25, -0.2) is 0 Å². The van der Waals surface area contributed by atoms with Crippen molar-refractivity contribution in [3.63, 3.8) is 0 Å². The van der Waals surface area contributed by atoms with Crippen LogP contribution in [0.4, 0.5) is 17.1 Å². The van der Waals surface area contributed by atoms with Gasteiger partial charge in [-0.1, -0.05) is 12.1 Å². The Labute approximate surface area is 124 Å². The van der Waals surface area contributed by atoms with Crippen LogP contribution in [0, 0.1) is 27.2 Å². The molecule has 2 rings (SSSR count). The number of anilines is 1. The van der Waals surface area contributed by atoms with Crippen LogP contribution in [0.5, 0.6) is 0 Å². The van der Waals surface area contributed by atoms with Gasteiger partial charge in [0.15, 0.2) is 0 Å². The molecule has 0 aliphatic heterocycles. The molecule has 0 saturated heterocycles. The Morgan fingerprint density at radius 2 is 1.64 bits per heavy atom. The maximum Gasteiger partial charge on any atom is 0.271 e. The number of nitrogens with zero attached hydrogens (tertiary/aromatic N) is 2. The van der Waals surface area contributed by atoms with Gasteiger partial charge in [-0.15, -0.1) is 0 Å². The minimum atomic E-state index is -0.594. The Morgan fingerprint density at radius 3 is 2.27 bits per heavy atom. The Bertz CT molecular complexity index is 773. The molecule has 112 valence electrons. The zero-order chi connectivity index (χ0) is 16.3. The Kier molecular flexibility index (Phi) is 4.12. The van der Waals surface area contributed by atoms with Crippen molar-refractivity contribution in [2.24, 2.45) is 0 Å². The molecule has 0 aliphatic carbocycles. The zero-order valence-corrected chi connectivity index (χ0v) is 11.5. The first-order valence-electron chi connectivity index (χ1n) is 6.19. The first-order chi connectivity index (χ1) is 10.4. The standard InChI is InChI=1S/C14H11N3O5/c1-9-5-6-12(17(21)22)8-13(9)14(18)15-10-3-2-4-11(7-10)16(19)20/h2-8H,1H3,(H,15,18). The van der Waals surface area contributed by atoms with Crippen molar-refractivity contribution in [2.45, 2.75) is 6.92 Å². The minimum Gasteiger partial charge on any atom is -0.322 e. The van der Waals surface area contributed by atoms with Crippen LogP contribution in [-0.4, -0.2) is 15.8 Å². The molecule has 0 unspecified atom stereocenters. The van der Waals surface area contributed by atoms with Crippen molar-refractivity contribution >= 4 is 23.0 Å². The van der Waals surface area contributed by atoms with E-state index < -0.39 is 15.8 Å². The highest BCUT2D eigenvalue weighted by Gasteiger charge is 2.15. The number of carbonyl (C=O) groups is 1. The quantitative estimate of drug-likeness (QED) is 0.688. The van der Waals surface area contributed by atoms with Gasteiger partial charge >= 0.3 is 0 Å². The maximum absolute atomic E-state index is 12.2. The number of aryl methyl sites for hydroxylation is 1. The molecule has 8 heteroatoms. The van der Waals surface area contributed by atoms with E-state index in [1.54, 1.807) is 6.92 Å². The summed E-state index contributed by atoms with van der Waals surface area (Å²) in [5, 5.41) is 24.0. The van der Waals surface area contributed by atoms with Gasteiger partial charge in [-0.2, -0.15) is 0 Å². The summed E-state index contributed by atoms with van der Waals surface area (Å²) in [7, 11) is 0. The van der Waals surface area contributed by atoms with E-state index >= 15 is 0 Å². The second kappa shape index (κ2) is 6.00. The highest BCUT2D eigenvalue weighted by Crippen LogP contribution is 2.21. The lowest BCUT2D eigenvalue weighted by molar-refractivity contribution is -0.385. The third-order valence-electron chi connectivity index (χ3n) is 2.99. The van der Waals surface area contributed by atoms with Crippen LogP contribution in [0.2, 0.25) is 0 Å². The van der Waals surface area contributed by atoms with Crippen LogP contribution >= 0.6 is 0 Å². The van der Waals surface area contributed by atoms with Crippen molar-refractivity contribution in [2.75, 3.05) is 5.32 Å². The second-order valence-electron chi connectivity index (χ2n) is 4.52. The molecule has 0 bridgehead atoms. The maximum atomic E-state index is 12.2. The Morgan fingerprint density at radius 1 is 1.00 bits per heavy atom. The fourth-order valence-corrected chi connectivity index (χ4v) is 1.86. The lowest BCUT2D eigenvalue weighted by Gasteiger charge is -2.07. The first kappa shape index (κ1) is 15.1. The molecule has 0 fully saturated rings. The number of amides is 1. The molecule has 0 aliphatic rings. The number of nitro groups is 2. The van der Waals surface area contributed by atoms with Crippen molar-refractivity contribution in [3.8, 4) is 0 Å². The van der Waals surface area contributed by atoms with Crippen molar-refractivity contribution in [1.82, 2.24) is 0 Å². The summed E-state index contributed by atoms with van der Waals surface area (Å²) in [6.07, 6.45) is 0. The second-order valence-corrected chi connectivity index (χ2v) is 4.52. The number of benzene rings is 2. The molecular weight excluding hydrogens is 290 g/mol. The smallest absolute Gasteiger partial charge is 0.271 e. The largest absolute Gasteiger partial charge is 0.322 e. The first-order valence-corrected chi connectivity index (χ1v) is 6.19. The number of rotatable bonds is 4. The fourth-order valence-electron chi connectivity index (χ4n) is 1.86. The topological polar surface area (TPSA) is 115 Å². The molecule has 1 amide bonds. The van der Waals surface area contributed by atoms with Gasteiger partial charge in [-0.3, -0.25) is 25.0 Å². The van der Waals surface area contributed by atoms with E-state index in [0.29, 0.717) is 5.56 Å². The number of hydrogen-bond donors (Lipinski definition) is 1.